The quantitative estimate of drug-likeness (QED) is 0.553. The van der Waals surface area contributed by atoms with Crippen molar-refractivity contribution in [2.75, 3.05) is 18.5 Å². The molecule has 1 saturated heterocycles. The number of hydrogen-bond acceptors (Lipinski definition) is 4. The molecule has 29 heavy (non-hydrogen) atoms. The maximum absolute atomic E-state index is 13.0. The number of nitrogens with one attached hydrogen (secondary N) is 2. The van der Waals surface area contributed by atoms with Crippen molar-refractivity contribution in [1.82, 2.24) is 14.4 Å². The topological polar surface area (TPSA) is 71.4 Å². The Labute approximate surface area is 168 Å². The van der Waals surface area contributed by atoms with Crippen LogP contribution < -0.4 is 10.9 Å². The molecule has 1 aliphatic rings. The standard InChI is InChI=1S/C23H24N4O2/c1-14-6-3-8-16-12-18(23(28)26-19(14)16)20-22(24-13-17-9-5-11-29-17)27-10-4-7-15(2)21(27)25-20/h3-4,6-8,10,12,17,24H,5,9,11,13H2,1-2H3,(H,26,28)/t17-/m0/s1. The lowest BCUT2D eigenvalue weighted by Crippen LogP contribution is -2.20. The maximum Gasteiger partial charge on any atom is 0.258 e. The third-order valence-electron chi connectivity index (χ3n) is 5.71. The maximum atomic E-state index is 13.0. The number of anilines is 1. The van der Waals surface area contributed by atoms with Gasteiger partial charge in [0.2, 0.25) is 0 Å². The first kappa shape index (κ1) is 17.9. The summed E-state index contributed by atoms with van der Waals surface area (Å²) < 4.78 is 7.79. The first-order chi connectivity index (χ1) is 14.1. The molecule has 6 heteroatoms. The van der Waals surface area contributed by atoms with Gasteiger partial charge in [0.15, 0.2) is 0 Å². The van der Waals surface area contributed by atoms with Gasteiger partial charge in [0.25, 0.3) is 5.56 Å². The van der Waals surface area contributed by atoms with Gasteiger partial charge in [-0.1, -0.05) is 24.3 Å². The molecule has 1 atom stereocenters. The zero-order valence-electron chi connectivity index (χ0n) is 16.7. The second kappa shape index (κ2) is 7.04. The first-order valence-corrected chi connectivity index (χ1v) is 10.1. The molecule has 4 heterocycles. The van der Waals surface area contributed by atoms with Crippen LogP contribution in [0, 0.1) is 13.8 Å². The molecule has 3 aromatic heterocycles. The van der Waals surface area contributed by atoms with E-state index in [4.69, 9.17) is 9.72 Å². The number of hydrogen-bond donors (Lipinski definition) is 2. The predicted molar refractivity (Wildman–Crippen MR) is 116 cm³/mol. The number of aryl methyl sites for hydroxylation is 2. The van der Waals surface area contributed by atoms with Crippen LogP contribution in [0.15, 0.2) is 47.4 Å². The molecule has 5 rings (SSSR count). The van der Waals surface area contributed by atoms with Crippen molar-refractivity contribution >= 4 is 22.4 Å². The molecule has 1 fully saturated rings. The fourth-order valence-corrected chi connectivity index (χ4v) is 4.14. The SMILES string of the molecule is Cc1cccc2cc(-c3nc4c(C)cccn4c3NC[C@@H]3CCCO3)c(=O)[nH]c12. The molecule has 0 saturated carbocycles. The highest BCUT2D eigenvalue weighted by molar-refractivity contribution is 5.87. The van der Waals surface area contributed by atoms with E-state index in [9.17, 15) is 4.79 Å². The van der Waals surface area contributed by atoms with Crippen LogP contribution in [0.25, 0.3) is 27.8 Å². The number of ether oxygens (including phenoxy) is 1. The first-order valence-electron chi connectivity index (χ1n) is 10.1. The lowest BCUT2D eigenvalue weighted by atomic mass is 10.1. The Kier molecular flexibility index (Phi) is 4.36. The third-order valence-corrected chi connectivity index (χ3v) is 5.71. The third kappa shape index (κ3) is 3.09. The number of para-hydroxylation sites is 1. The summed E-state index contributed by atoms with van der Waals surface area (Å²) in [5.74, 6) is 0.830. The van der Waals surface area contributed by atoms with E-state index in [1.54, 1.807) is 0 Å². The summed E-state index contributed by atoms with van der Waals surface area (Å²) in [6.45, 7) is 5.54. The van der Waals surface area contributed by atoms with E-state index in [-0.39, 0.29) is 11.7 Å². The Hall–Kier alpha value is -3.12. The summed E-state index contributed by atoms with van der Waals surface area (Å²) >= 11 is 0. The number of imidazole rings is 1. The molecule has 6 nitrogen and oxygen atoms in total. The normalized spacial score (nSPS) is 16.7. The summed E-state index contributed by atoms with van der Waals surface area (Å²) in [6.07, 6.45) is 4.31. The Bertz CT molecular complexity index is 1270. The van der Waals surface area contributed by atoms with Gasteiger partial charge in [-0.25, -0.2) is 4.98 Å². The van der Waals surface area contributed by atoms with E-state index in [2.05, 4.69) is 10.3 Å². The minimum absolute atomic E-state index is 0.131. The predicted octanol–water partition coefficient (Wildman–Crippen LogP) is 4.05. The van der Waals surface area contributed by atoms with Crippen LogP contribution in [-0.4, -0.2) is 33.6 Å². The Morgan fingerprint density at radius 3 is 2.93 bits per heavy atom. The number of pyridine rings is 2. The average Bonchev–Trinajstić information content (AvgIpc) is 3.35. The van der Waals surface area contributed by atoms with Crippen LogP contribution in [0.5, 0.6) is 0 Å². The zero-order chi connectivity index (χ0) is 20.0. The van der Waals surface area contributed by atoms with Crippen molar-refractivity contribution in [1.29, 1.82) is 0 Å². The summed E-state index contributed by atoms with van der Waals surface area (Å²) in [4.78, 5) is 20.9. The van der Waals surface area contributed by atoms with Crippen molar-refractivity contribution in [2.45, 2.75) is 32.8 Å². The van der Waals surface area contributed by atoms with E-state index >= 15 is 0 Å². The molecule has 1 aromatic carbocycles. The van der Waals surface area contributed by atoms with Gasteiger partial charge in [0.05, 0.1) is 17.2 Å². The Morgan fingerprint density at radius 2 is 2.10 bits per heavy atom. The minimum Gasteiger partial charge on any atom is -0.376 e. The number of aromatic nitrogens is 3. The number of fused-ring (bicyclic) bond motifs is 2. The summed E-state index contributed by atoms with van der Waals surface area (Å²) in [5.41, 5.74) is 4.94. The van der Waals surface area contributed by atoms with Crippen molar-refractivity contribution in [3.05, 3.63) is 64.1 Å². The van der Waals surface area contributed by atoms with Crippen LogP contribution in [-0.2, 0) is 4.74 Å². The average molecular weight is 388 g/mol. The number of rotatable bonds is 4. The largest absolute Gasteiger partial charge is 0.376 e. The number of aromatic amines is 1. The highest BCUT2D eigenvalue weighted by Crippen LogP contribution is 2.30. The van der Waals surface area contributed by atoms with Crippen molar-refractivity contribution in [3.63, 3.8) is 0 Å². The molecule has 0 unspecified atom stereocenters. The van der Waals surface area contributed by atoms with Gasteiger partial charge in [-0.15, -0.1) is 0 Å². The molecule has 0 aliphatic carbocycles. The molecule has 4 aromatic rings. The van der Waals surface area contributed by atoms with Crippen LogP contribution >= 0.6 is 0 Å². The van der Waals surface area contributed by atoms with Gasteiger partial charge < -0.3 is 15.0 Å². The second-order valence-corrected chi connectivity index (χ2v) is 7.76. The summed E-state index contributed by atoms with van der Waals surface area (Å²) in [7, 11) is 0. The van der Waals surface area contributed by atoms with Gasteiger partial charge in [0.1, 0.15) is 17.2 Å². The monoisotopic (exact) mass is 388 g/mol. The van der Waals surface area contributed by atoms with Crippen LogP contribution in [0.1, 0.15) is 24.0 Å². The molecule has 0 bridgehead atoms. The van der Waals surface area contributed by atoms with Crippen LogP contribution in [0.3, 0.4) is 0 Å². The van der Waals surface area contributed by atoms with E-state index in [1.165, 1.54) is 0 Å². The number of H-pyrrole nitrogens is 1. The van der Waals surface area contributed by atoms with Gasteiger partial charge in [-0.2, -0.15) is 0 Å². The fourth-order valence-electron chi connectivity index (χ4n) is 4.14. The van der Waals surface area contributed by atoms with E-state index in [1.807, 2.05) is 60.8 Å². The van der Waals surface area contributed by atoms with Gasteiger partial charge in [-0.05, 0) is 55.3 Å². The van der Waals surface area contributed by atoms with Crippen molar-refractivity contribution < 1.29 is 4.74 Å². The lowest BCUT2D eigenvalue weighted by molar-refractivity contribution is 0.120. The second-order valence-electron chi connectivity index (χ2n) is 7.76. The van der Waals surface area contributed by atoms with Gasteiger partial charge >= 0.3 is 0 Å². The zero-order valence-corrected chi connectivity index (χ0v) is 16.7. The number of benzene rings is 1. The highest BCUT2D eigenvalue weighted by Gasteiger charge is 2.21. The van der Waals surface area contributed by atoms with Crippen LogP contribution in [0.2, 0.25) is 0 Å². The molecular weight excluding hydrogens is 364 g/mol. The fraction of sp³-hybridized carbons (Fsp3) is 0.304. The van der Waals surface area contributed by atoms with Crippen LogP contribution in [0.4, 0.5) is 5.82 Å². The van der Waals surface area contributed by atoms with E-state index in [0.717, 1.165) is 52.9 Å². The molecule has 0 amide bonds. The summed E-state index contributed by atoms with van der Waals surface area (Å²) in [5, 5.41) is 4.51. The van der Waals surface area contributed by atoms with Gasteiger partial charge in [-0.3, -0.25) is 9.20 Å². The lowest BCUT2D eigenvalue weighted by Gasteiger charge is -2.13. The van der Waals surface area contributed by atoms with E-state index < -0.39 is 0 Å². The molecule has 148 valence electrons. The van der Waals surface area contributed by atoms with Gasteiger partial charge in [0, 0.05) is 19.3 Å². The molecule has 0 radical (unpaired) electrons. The summed E-state index contributed by atoms with van der Waals surface area (Å²) in [6, 6.07) is 12.0. The molecular formula is C23H24N4O2. The molecule has 1 aliphatic heterocycles. The number of nitrogens with zero attached hydrogens (tertiary/aromatic N) is 2. The Balaban J connectivity index is 1.68. The highest BCUT2D eigenvalue weighted by atomic mass is 16.5. The molecule has 0 spiro atoms. The minimum atomic E-state index is -0.131. The van der Waals surface area contributed by atoms with E-state index in [0.29, 0.717) is 17.8 Å². The van der Waals surface area contributed by atoms with Crippen molar-refractivity contribution in [2.24, 2.45) is 0 Å². The van der Waals surface area contributed by atoms with Crippen molar-refractivity contribution in [3.8, 4) is 11.3 Å². The Morgan fingerprint density at radius 1 is 1.24 bits per heavy atom. The smallest absolute Gasteiger partial charge is 0.258 e. The molecule has 2 N–H and O–H groups in total.